The maximum atomic E-state index is 12.7. The van der Waals surface area contributed by atoms with Crippen LogP contribution in [0.1, 0.15) is 33.1 Å². The molecule has 2 aliphatic rings. The molecular formula is C27H34BrN9O6. The zero-order valence-corrected chi connectivity index (χ0v) is 25.3. The fourth-order valence-corrected chi connectivity index (χ4v) is 4.82. The van der Waals surface area contributed by atoms with Crippen molar-refractivity contribution in [3.05, 3.63) is 34.9 Å². The minimum atomic E-state index is -1.29. The second kappa shape index (κ2) is 13.3. The van der Waals surface area contributed by atoms with E-state index in [4.69, 9.17) is 16.2 Å². The number of rotatable bonds is 13. The number of fused-ring (bicyclic) bond motifs is 2. The van der Waals surface area contributed by atoms with E-state index in [1.165, 1.54) is 18.7 Å². The van der Waals surface area contributed by atoms with E-state index in [-0.39, 0.29) is 18.5 Å². The van der Waals surface area contributed by atoms with Crippen LogP contribution in [-0.2, 0) is 28.7 Å². The SMILES string of the molecule is CC(C)(C(N)=O)C(=O)NCCCNc1nc(Nc2cccc(NC(=O)CC(N)C(=O)N3CC4CC3C(=O)O4)c2)ncc1Br. The van der Waals surface area contributed by atoms with Crippen LogP contribution >= 0.6 is 15.9 Å². The molecule has 43 heavy (non-hydrogen) atoms. The zero-order valence-electron chi connectivity index (χ0n) is 23.7. The number of primary amides is 1. The number of benzene rings is 1. The first-order chi connectivity index (χ1) is 20.3. The fraction of sp³-hybridized carbons (Fsp3) is 0.444. The van der Waals surface area contributed by atoms with E-state index in [2.05, 4.69) is 47.2 Å². The van der Waals surface area contributed by atoms with Crippen LogP contribution in [0.4, 0.5) is 23.1 Å². The molecule has 2 bridgehead atoms. The number of ether oxygens (including phenoxy) is 1. The first-order valence-electron chi connectivity index (χ1n) is 13.6. The van der Waals surface area contributed by atoms with Crippen molar-refractivity contribution in [3.8, 4) is 0 Å². The molecule has 0 spiro atoms. The maximum absolute atomic E-state index is 12.7. The highest BCUT2D eigenvalue weighted by Crippen LogP contribution is 2.29. The number of carbonyl (C=O) groups is 5. The highest BCUT2D eigenvalue weighted by Gasteiger charge is 2.49. The summed E-state index contributed by atoms with van der Waals surface area (Å²) in [5.74, 6) is -1.67. The van der Waals surface area contributed by atoms with E-state index < -0.39 is 47.1 Å². The Morgan fingerprint density at radius 1 is 1.21 bits per heavy atom. The lowest BCUT2D eigenvalue weighted by Gasteiger charge is -2.28. The Bertz CT molecular complexity index is 1420. The Labute approximate surface area is 256 Å². The molecule has 3 unspecified atom stereocenters. The number of nitrogens with two attached hydrogens (primary N) is 2. The summed E-state index contributed by atoms with van der Waals surface area (Å²) in [7, 11) is 0. The van der Waals surface area contributed by atoms with Crippen molar-refractivity contribution in [3.63, 3.8) is 0 Å². The van der Waals surface area contributed by atoms with Crippen LogP contribution < -0.4 is 32.7 Å². The Morgan fingerprint density at radius 3 is 2.65 bits per heavy atom. The van der Waals surface area contributed by atoms with Gasteiger partial charge in [0.25, 0.3) is 0 Å². The van der Waals surface area contributed by atoms with Crippen LogP contribution in [0, 0.1) is 5.41 Å². The molecule has 4 rings (SSSR count). The van der Waals surface area contributed by atoms with Gasteiger partial charge in [0.05, 0.1) is 23.5 Å². The average molecular weight is 661 g/mol. The van der Waals surface area contributed by atoms with Gasteiger partial charge in [-0.05, 0) is 54.4 Å². The Kier molecular flexibility index (Phi) is 9.80. The first kappa shape index (κ1) is 31.6. The number of anilines is 4. The molecule has 230 valence electrons. The molecule has 0 saturated carbocycles. The largest absolute Gasteiger partial charge is 0.459 e. The Morgan fingerprint density at radius 2 is 1.95 bits per heavy atom. The lowest BCUT2D eigenvalue weighted by Crippen LogP contribution is -2.51. The molecule has 8 N–H and O–H groups in total. The van der Waals surface area contributed by atoms with E-state index in [0.717, 1.165) is 0 Å². The summed E-state index contributed by atoms with van der Waals surface area (Å²) < 4.78 is 5.72. The van der Waals surface area contributed by atoms with E-state index in [1.807, 2.05) is 0 Å². The van der Waals surface area contributed by atoms with Gasteiger partial charge in [0.1, 0.15) is 23.4 Å². The second-order valence-electron chi connectivity index (χ2n) is 10.8. The summed E-state index contributed by atoms with van der Waals surface area (Å²) in [4.78, 5) is 70.8. The summed E-state index contributed by atoms with van der Waals surface area (Å²) in [5, 5.41) is 11.7. The molecule has 4 amide bonds. The molecule has 2 aliphatic heterocycles. The van der Waals surface area contributed by atoms with Gasteiger partial charge in [0, 0.05) is 37.1 Å². The molecule has 1 aromatic heterocycles. The number of hydrogen-bond donors (Lipinski definition) is 6. The highest BCUT2D eigenvalue weighted by atomic mass is 79.9. The molecule has 2 fully saturated rings. The third-order valence-electron chi connectivity index (χ3n) is 7.08. The number of hydrogen-bond acceptors (Lipinski definition) is 11. The quantitative estimate of drug-likeness (QED) is 0.0991. The lowest BCUT2D eigenvalue weighted by atomic mass is 9.91. The van der Waals surface area contributed by atoms with Crippen LogP contribution in [0.5, 0.6) is 0 Å². The molecule has 2 saturated heterocycles. The first-order valence-corrected chi connectivity index (χ1v) is 14.4. The summed E-state index contributed by atoms with van der Waals surface area (Å²) in [5.41, 5.74) is 11.0. The number of amides is 4. The van der Waals surface area contributed by atoms with Crippen molar-refractivity contribution in [2.45, 2.75) is 51.3 Å². The van der Waals surface area contributed by atoms with Crippen molar-refractivity contribution >= 4 is 68.7 Å². The van der Waals surface area contributed by atoms with Gasteiger partial charge in [-0.1, -0.05) is 6.07 Å². The minimum Gasteiger partial charge on any atom is -0.459 e. The molecule has 2 aromatic rings. The molecule has 0 aliphatic carbocycles. The van der Waals surface area contributed by atoms with Crippen LogP contribution in [0.15, 0.2) is 34.9 Å². The molecule has 0 radical (unpaired) electrons. The second-order valence-corrected chi connectivity index (χ2v) is 11.6. The number of nitrogens with one attached hydrogen (secondary N) is 4. The van der Waals surface area contributed by atoms with E-state index in [0.29, 0.717) is 54.1 Å². The van der Waals surface area contributed by atoms with Crippen molar-refractivity contribution in [1.82, 2.24) is 20.2 Å². The van der Waals surface area contributed by atoms with Crippen molar-refractivity contribution in [1.29, 1.82) is 0 Å². The van der Waals surface area contributed by atoms with E-state index in [9.17, 15) is 24.0 Å². The topological polar surface area (TPSA) is 224 Å². The molecule has 3 atom stereocenters. The number of esters is 1. The minimum absolute atomic E-state index is 0.253. The van der Waals surface area contributed by atoms with E-state index >= 15 is 0 Å². The Balaban J connectivity index is 1.26. The van der Waals surface area contributed by atoms with Crippen molar-refractivity contribution in [2.75, 3.05) is 35.6 Å². The smallest absolute Gasteiger partial charge is 0.329 e. The van der Waals surface area contributed by atoms with Gasteiger partial charge in [-0.2, -0.15) is 4.98 Å². The summed E-state index contributed by atoms with van der Waals surface area (Å²) >= 11 is 3.41. The number of morpholine rings is 1. The van der Waals surface area contributed by atoms with Gasteiger partial charge in [-0.25, -0.2) is 9.78 Å². The Hall–Kier alpha value is -4.31. The predicted molar refractivity (Wildman–Crippen MR) is 160 cm³/mol. The summed E-state index contributed by atoms with van der Waals surface area (Å²) in [6.07, 6.45) is 2.03. The number of nitrogens with zero attached hydrogens (tertiary/aromatic N) is 3. The zero-order chi connectivity index (χ0) is 31.3. The highest BCUT2D eigenvalue weighted by molar-refractivity contribution is 9.10. The number of carbonyl (C=O) groups excluding carboxylic acids is 5. The molecule has 3 heterocycles. The third kappa shape index (κ3) is 7.75. The summed E-state index contributed by atoms with van der Waals surface area (Å²) in [6.45, 7) is 4.04. The van der Waals surface area contributed by atoms with Gasteiger partial charge in [-0.3, -0.25) is 19.2 Å². The third-order valence-corrected chi connectivity index (χ3v) is 7.67. The number of aromatic nitrogens is 2. The fourth-order valence-electron chi connectivity index (χ4n) is 4.49. The van der Waals surface area contributed by atoms with Crippen LogP contribution in [0.25, 0.3) is 0 Å². The van der Waals surface area contributed by atoms with Gasteiger partial charge >= 0.3 is 5.97 Å². The molecule has 15 nitrogen and oxygen atoms in total. The molecule has 16 heteroatoms. The average Bonchev–Trinajstić information content (AvgIpc) is 3.53. The maximum Gasteiger partial charge on any atom is 0.329 e. The van der Waals surface area contributed by atoms with Crippen LogP contribution in [-0.4, -0.2) is 82.3 Å². The normalized spacial score (nSPS) is 18.0. The van der Waals surface area contributed by atoms with Gasteiger partial charge in [-0.15, -0.1) is 0 Å². The van der Waals surface area contributed by atoms with Crippen molar-refractivity contribution < 1.29 is 28.7 Å². The van der Waals surface area contributed by atoms with Crippen molar-refractivity contribution in [2.24, 2.45) is 16.9 Å². The standard InChI is InChI=1S/C27H34BrN9O6/c1-27(2,24(30)41)25(42)32-8-4-7-31-21-17(28)12-33-26(36-21)35-15-6-3-5-14(9-15)34-20(38)11-18(29)22(39)37-13-16-10-19(37)23(40)43-16/h3,5-6,9,12,16,18-19H,4,7-8,10-11,13,29H2,1-2H3,(H2,30,41)(H,32,42)(H,34,38)(H2,31,33,35,36). The van der Waals surface area contributed by atoms with E-state index in [1.54, 1.807) is 30.5 Å². The number of likely N-dealkylation sites (tertiary alicyclic amines) is 1. The van der Waals surface area contributed by atoms with Crippen LogP contribution in [0.2, 0.25) is 0 Å². The molecular weight excluding hydrogens is 626 g/mol. The van der Waals surface area contributed by atoms with Gasteiger partial charge in [0.2, 0.25) is 29.6 Å². The van der Waals surface area contributed by atoms with Gasteiger partial charge < -0.3 is 42.4 Å². The summed E-state index contributed by atoms with van der Waals surface area (Å²) in [6, 6.07) is 5.14. The number of halogens is 1. The monoisotopic (exact) mass is 659 g/mol. The molecule has 1 aromatic carbocycles. The predicted octanol–water partition coefficient (Wildman–Crippen LogP) is 0.595. The lowest BCUT2D eigenvalue weighted by molar-refractivity contribution is -0.157. The van der Waals surface area contributed by atoms with Gasteiger partial charge in [0.15, 0.2) is 0 Å². The van der Waals surface area contributed by atoms with Crippen LogP contribution in [0.3, 0.4) is 0 Å².